The van der Waals surface area contributed by atoms with Crippen LogP contribution in [0.15, 0.2) is 102 Å². The Kier molecular flexibility index (Phi) is 9.25. The molecule has 9 nitrogen and oxygen atoms in total. The molecule has 0 aliphatic heterocycles. The van der Waals surface area contributed by atoms with Crippen LogP contribution in [-0.2, 0) is 4.79 Å². The normalized spacial score (nSPS) is 11.4. The fourth-order valence-electron chi connectivity index (χ4n) is 4.70. The number of carbonyl (C=O) groups excluding carboxylic acids is 1. The van der Waals surface area contributed by atoms with Gasteiger partial charge in [-0.2, -0.15) is 9.78 Å². The van der Waals surface area contributed by atoms with Gasteiger partial charge in [0.2, 0.25) is 5.82 Å². The van der Waals surface area contributed by atoms with Crippen molar-refractivity contribution in [1.82, 2.24) is 9.66 Å². The molecule has 0 unspecified atom stereocenters. The quantitative estimate of drug-likeness (QED) is 0.148. The van der Waals surface area contributed by atoms with E-state index in [1.54, 1.807) is 24.3 Å². The van der Waals surface area contributed by atoms with Gasteiger partial charge in [0.25, 0.3) is 11.5 Å². The second-order valence-corrected chi connectivity index (χ2v) is 12.3. The second-order valence-electron chi connectivity index (χ2n) is 10.2. The monoisotopic (exact) mass is 762 g/mol. The second kappa shape index (κ2) is 13.5. The molecule has 0 atom stereocenters. The highest BCUT2D eigenvalue weighted by atomic mass is 79.9. The first-order valence-corrected chi connectivity index (χ1v) is 16.1. The molecule has 0 radical (unpaired) electrons. The van der Waals surface area contributed by atoms with Crippen molar-refractivity contribution >= 4 is 83.1 Å². The van der Waals surface area contributed by atoms with Crippen LogP contribution in [0.5, 0.6) is 11.5 Å². The van der Waals surface area contributed by atoms with Crippen molar-refractivity contribution in [3.05, 3.63) is 114 Å². The van der Waals surface area contributed by atoms with Crippen LogP contribution < -0.4 is 20.3 Å². The average Bonchev–Trinajstić information content (AvgIpc) is 3.47. The van der Waals surface area contributed by atoms with Gasteiger partial charge in [-0.3, -0.25) is 9.59 Å². The number of hydrogen-bond acceptors (Lipinski definition) is 7. The van der Waals surface area contributed by atoms with Crippen molar-refractivity contribution < 1.29 is 18.7 Å². The third kappa shape index (κ3) is 6.57. The summed E-state index contributed by atoms with van der Waals surface area (Å²) in [5.41, 5.74) is 2.98. The molecule has 1 amide bonds. The van der Waals surface area contributed by atoms with E-state index in [1.165, 1.54) is 10.9 Å². The number of rotatable bonds is 9. The van der Waals surface area contributed by atoms with E-state index in [2.05, 4.69) is 42.3 Å². The summed E-state index contributed by atoms with van der Waals surface area (Å²) < 4.78 is 20.2. The standard InChI is InChI=1S/C34H25Br2ClN4O5/c1-3-44-27-16-21(30(36)31(37)32(27)45-18-29(42)39-23-11-8-19(2)9-12-23)17-38-41-33(40-25-7-5-4-6-24(25)34(41)43)28-15-20-14-22(35)10-13-26(20)46-28/h4-17H,3,18H2,1-2H3,(H,39,42). The van der Waals surface area contributed by atoms with Gasteiger partial charge in [0.1, 0.15) is 10.6 Å². The fraction of sp³-hybridized carbons (Fsp3) is 0.118. The van der Waals surface area contributed by atoms with Gasteiger partial charge in [0, 0.05) is 25.6 Å². The van der Waals surface area contributed by atoms with Crippen molar-refractivity contribution in [2.75, 3.05) is 18.5 Å². The molecule has 12 heteroatoms. The van der Waals surface area contributed by atoms with Crippen LogP contribution in [-0.4, -0.2) is 35.0 Å². The van der Waals surface area contributed by atoms with Crippen LogP contribution in [0.3, 0.4) is 0 Å². The summed E-state index contributed by atoms with van der Waals surface area (Å²) in [7, 11) is 0. The van der Waals surface area contributed by atoms with Crippen molar-refractivity contribution in [1.29, 1.82) is 0 Å². The zero-order valence-corrected chi connectivity index (χ0v) is 28.4. The highest BCUT2D eigenvalue weighted by molar-refractivity contribution is 9.10. The van der Waals surface area contributed by atoms with Gasteiger partial charge >= 0.3 is 0 Å². The lowest BCUT2D eigenvalue weighted by atomic mass is 10.2. The summed E-state index contributed by atoms with van der Waals surface area (Å²) in [6, 6.07) is 23.5. The highest BCUT2D eigenvalue weighted by Gasteiger charge is 2.20. The van der Waals surface area contributed by atoms with E-state index >= 15 is 0 Å². The van der Waals surface area contributed by atoms with E-state index in [1.807, 2.05) is 68.4 Å². The first-order valence-electron chi connectivity index (χ1n) is 14.1. The first-order chi connectivity index (χ1) is 22.2. The molecule has 1 N–H and O–H groups in total. The van der Waals surface area contributed by atoms with Crippen molar-refractivity contribution in [3.8, 4) is 23.1 Å². The molecular formula is C34H25Br2ClN4O5. The number of furan rings is 1. The van der Waals surface area contributed by atoms with Gasteiger partial charge in [-0.1, -0.05) is 57.4 Å². The summed E-state index contributed by atoms with van der Waals surface area (Å²) >= 11 is 13.7. The highest BCUT2D eigenvalue weighted by Crippen LogP contribution is 2.42. The average molecular weight is 765 g/mol. The topological polar surface area (TPSA) is 108 Å². The number of nitrogens with zero attached hydrogens (tertiary/aromatic N) is 3. The molecule has 2 heterocycles. The number of carbonyl (C=O) groups is 1. The summed E-state index contributed by atoms with van der Waals surface area (Å²) in [4.78, 5) is 31.1. The molecule has 0 fully saturated rings. The predicted octanol–water partition coefficient (Wildman–Crippen LogP) is 8.59. The Morgan fingerprint density at radius 3 is 2.63 bits per heavy atom. The van der Waals surface area contributed by atoms with Gasteiger partial charge in [0.05, 0.1) is 23.7 Å². The summed E-state index contributed by atoms with van der Waals surface area (Å²) in [6.45, 7) is 3.79. The number of nitrogens with one attached hydrogen (secondary N) is 1. The van der Waals surface area contributed by atoms with Gasteiger partial charge in [-0.25, -0.2) is 4.98 Å². The minimum Gasteiger partial charge on any atom is -0.490 e. The summed E-state index contributed by atoms with van der Waals surface area (Å²) in [6.07, 6.45) is 1.47. The Morgan fingerprint density at radius 2 is 1.85 bits per heavy atom. The minimum atomic E-state index is -0.384. The van der Waals surface area contributed by atoms with Crippen LogP contribution in [0, 0.1) is 6.92 Å². The molecule has 0 saturated carbocycles. The van der Waals surface area contributed by atoms with E-state index in [0.29, 0.717) is 50.3 Å². The van der Waals surface area contributed by atoms with E-state index < -0.39 is 0 Å². The third-order valence-corrected chi connectivity index (χ3v) is 8.84. The molecule has 2 aromatic heterocycles. The van der Waals surface area contributed by atoms with Crippen molar-refractivity contribution in [2.45, 2.75) is 13.8 Å². The van der Waals surface area contributed by atoms with Gasteiger partial charge in [-0.05, 0) is 84.4 Å². The maximum absolute atomic E-state index is 13.7. The molecule has 0 spiro atoms. The number of benzene rings is 4. The van der Waals surface area contributed by atoms with Crippen LogP contribution in [0.25, 0.3) is 33.5 Å². The SMILES string of the molecule is CCOc1cc(C=Nn2c(-c3cc4cc(Br)ccc4o3)nc3ccccc3c2=O)c(Br)c(Cl)c1OCC(=O)Nc1ccc(C)cc1. The Hall–Kier alpha value is -4.45. The number of fused-ring (bicyclic) bond motifs is 2. The molecular weight excluding hydrogens is 740 g/mol. The zero-order chi connectivity index (χ0) is 32.4. The molecule has 232 valence electrons. The lowest BCUT2D eigenvalue weighted by Gasteiger charge is -2.16. The van der Waals surface area contributed by atoms with E-state index in [-0.39, 0.29) is 34.7 Å². The Balaban J connectivity index is 1.36. The number of aromatic nitrogens is 2. The smallest absolute Gasteiger partial charge is 0.282 e. The summed E-state index contributed by atoms with van der Waals surface area (Å²) in [5.74, 6) is 0.710. The summed E-state index contributed by atoms with van der Waals surface area (Å²) in [5, 5.41) is 8.74. The third-order valence-electron chi connectivity index (χ3n) is 6.90. The van der Waals surface area contributed by atoms with E-state index in [4.69, 9.17) is 30.5 Å². The fourth-order valence-corrected chi connectivity index (χ4v) is 5.73. The maximum Gasteiger partial charge on any atom is 0.282 e. The Morgan fingerprint density at radius 1 is 1.07 bits per heavy atom. The number of para-hydroxylation sites is 1. The molecule has 0 saturated heterocycles. The van der Waals surface area contributed by atoms with Crippen LogP contribution in [0.4, 0.5) is 5.69 Å². The van der Waals surface area contributed by atoms with Gasteiger partial charge in [0.15, 0.2) is 23.9 Å². The number of aryl methyl sites for hydroxylation is 1. The largest absolute Gasteiger partial charge is 0.490 e. The number of amides is 1. The van der Waals surface area contributed by atoms with Crippen LogP contribution >= 0.6 is 43.5 Å². The first kappa shape index (κ1) is 31.5. The predicted molar refractivity (Wildman–Crippen MR) is 188 cm³/mol. The van der Waals surface area contributed by atoms with Crippen LogP contribution in [0.2, 0.25) is 5.02 Å². The molecule has 4 aromatic carbocycles. The van der Waals surface area contributed by atoms with Crippen LogP contribution in [0.1, 0.15) is 18.1 Å². The van der Waals surface area contributed by atoms with Crippen molar-refractivity contribution in [3.63, 3.8) is 0 Å². The lowest BCUT2D eigenvalue weighted by molar-refractivity contribution is -0.118. The molecule has 46 heavy (non-hydrogen) atoms. The zero-order valence-electron chi connectivity index (χ0n) is 24.5. The number of hydrogen-bond donors (Lipinski definition) is 1. The number of halogens is 3. The molecule has 0 bridgehead atoms. The Labute approximate surface area is 285 Å². The molecule has 6 rings (SSSR count). The number of anilines is 1. The number of ether oxygens (including phenoxy) is 2. The molecule has 6 aromatic rings. The molecule has 0 aliphatic rings. The lowest BCUT2D eigenvalue weighted by Crippen LogP contribution is -2.21. The molecule has 0 aliphatic carbocycles. The van der Waals surface area contributed by atoms with E-state index in [9.17, 15) is 9.59 Å². The van der Waals surface area contributed by atoms with Gasteiger partial charge in [-0.15, -0.1) is 0 Å². The van der Waals surface area contributed by atoms with Crippen molar-refractivity contribution in [2.24, 2.45) is 5.10 Å². The minimum absolute atomic E-state index is 0.169. The van der Waals surface area contributed by atoms with Gasteiger partial charge < -0.3 is 19.2 Å². The Bertz CT molecular complexity index is 2200. The maximum atomic E-state index is 13.7. The van der Waals surface area contributed by atoms with E-state index in [0.717, 1.165) is 15.4 Å².